The summed E-state index contributed by atoms with van der Waals surface area (Å²) in [6.45, 7) is 15.9. The number of carbonyl (C=O) groups is 2. The molecule has 5 nitrogen and oxygen atoms in total. The molecule has 1 N–H and O–H groups in total. The van der Waals surface area contributed by atoms with Crippen molar-refractivity contribution in [3.05, 3.63) is 49.7 Å². The summed E-state index contributed by atoms with van der Waals surface area (Å²) in [5, 5.41) is 3.54. The Labute approximate surface area is 306 Å². The molecule has 48 heavy (non-hydrogen) atoms. The Hall–Kier alpha value is -1.48. The molecule has 0 saturated heterocycles. The molecule has 2 aliphatic rings. The number of hydrogen-bond donors (Lipinski definition) is 2. The normalized spacial score (nSPS) is 18.4. The predicted molar refractivity (Wildman–Crippen MR) is 211 cm³/mol. The maximum Gasteiger partial charge on any atom is 0.261 e. The number of hydrogen-bond acceptors (Lipinski definition) is 6. The van der Waals surface area contributed by atoms with Crippen LogP contribution in [0.15, 0.2) is 40.0 Å². The smallest absolute Gasteiger partial charge is 0.261 e. The van der Waals surface area contributed by atoms with E-state index >= 15 is 0 Å². The third-order valence-corrected chi connectivity index (χ3v) is 13.6. The molecule has 0 saturated carbocycles. The topological polar surface area (TPSA) is 58.6 Å². The number of amides is 2. The van der Waals surface area contributed by atoms with E-state index in [1.807, 2.05) is 4.90 Å². The highest BCUT2D eigenvalue weighted by molar-refractivity contribution is 8.03. The highest BCUT2D eigenvalue weighted by Crippen LogP contribution is 2.47. The number of nitrogens with one attached hydrogen (secondary N) is 1. The van der Waals surface area contributed by atoms with Crippen molar-refractivity contribution in [2.75, 3.05) is 13.7 Å². The van der Waals surface area contributed by atoms with Crippen LogP contribution in [0, 0.1) is 11.8 Å². The summed E-state index contributed by atoms with van der Waals surface area (Å²) < 4.78 is 5.63. The van der Waals surface area contributed by atoms with E-state index in [0.717, 1.165) is 46.0 Å². The van der Waals surface area contributed by atoms with Gasteiger partial charge in [-0.05, 0) is 56.6 Å². The number of thiophene rings is 1. The average molecular weight is 717 g/mol. The minimum atomic E-state index is -0.160. The van der Waals surface area contributed by atoms with Crippen molar-refractivity contribution in [1.82, 2.24) is 10.2 Å². The number of fused-ring (bicyclic) bond motifs is 1. The molecule has 0 bridgehead atoms. The van der Waals surface area contributed by atoms with Crippen LogP contribution in [0.4, 0.5) is 0 Å². The van der Waals surface area contributed by atoms with Crippen LogP contribution in [0.2, 0.25) is 0 Å². The second kappa shape index (κ2) is 21.0. The first-order valence-electron chi connectivity index (χ1n) is 18.9. The molecule has 3 heterocycles. The van der Waals surface area contributed by atoms with Crippen LogP contribution in [-0.4, -0.2) is 41.7 Å². The SMILES string of the molecule is CC/C=C(\S[C@@H](C)CC)C1=C2C(=O)N(CC(CCCCCC)CCCCCCCC)C(c3ccc(C(S)C(C)[C@H](C)OC)s3)=C2C(=O)N1. The van der Waals surface area contributed by atoms with Crippen molar-refractivity contribution in [2.45, 2.75) is 155 Å². The number of nitrogens with zero attached hydrogens (tertiary/aromatic N) is 1. The predicted octanol–water partition coefficient (Wildman–Crippen LogP) is 11.5. The van der Waals surface area contributed by atoms with E-state index in [-0.39, 0.29) is 29.1 Å². The van der Waals surface area contributed by atoms with Gasteiger partial charge in [0, 0.05) is 33.9 Å². The second-order valence-corrected chi connectivity index (χ2v) is 17.0. The van der Waals surface area contributed by atoms with Gasteiger partial charge < -0.3 is 15.0 Å². The van der Waals surface area contributed by atoms with E-state index in [1.54, 1.807) is 30.2 Å². The van der Waals surface area contributed by atoms with Gasteiger partial charge in [-0.1, -0.05) is 112 Å². The molecule has 0 aliphatic carbocycles. The van der Waals surface area contributed by atoms with Gasteiger partial charge in [0.2, 0.25) is 0 Å². The Balaban J connectivity index is 2.06. The first-order valence-corrected chi connectivity index (χ1v) is 21.1. The van der Waals surface area contributed by atoms with Gasteiger partial charge in [-0.3, -0.25) is 9.59 Å². The molecule has 0 aromatic carbocycles. The number of thioether (sulfide) groups is 1. The molecule has 3 rings (SSSR count). The Kier molecular flexibility index (Phi) is 17.9. The average Bonchev–Trinajstić information content (AvgIpc) is 3.78. The molecule has 3 unspecified atom stereocenters. The molecule has 270 valence electrons. The van der Waals surface area contributed by atoms with Gasteiger partial charge in [0.1, 0.15) is 0 Å². The Bertz CT molecular complexity index is 1280. The van der Waals surface area contributed by atoms with Gasteiger partial charge in [0.05, 0.1) is 33.5 Å². The summed E-state index contributed by atoms with van der Waals surface area (Å²) in [5.41, 5.74) is 2.61. The number of ether oxygens (including phenoxy) is 1. The van der Waals surface area contributed by atoms with Crippen molar-refractivity contribution in [2.24, 2.45) is 11.8 Å². The van der Waals surface area contributed by atoms with E-state index in [9.17, 15) is 9.59 Å². The van der Waals surface area contributed by atoms with Crippen molar-refractivity contribution in [1.29, 1.82) is 0 Å². The highest BCUT2D eigenvalue weighted by Gasteiger charge is 2.46. The zero-order chi connectivity index (χ0) is 35.2. The fourth-order valence-electron chi connectivity index (χ4n) is 6.63. The number of allylic oxidation sites excluding steroid dienone is 1. The van der Waals surface area contributed by atoms with E-state index in [1.165, 1.54) is 64.2 Å². The summed E-state index contributed by atoms with van der Waals surface area (Å²) in [5.74, 6) is 0.412. The molecular formula is C40H64N2O3S3. The standard InChI is InChI=1S/C40H64N2O3S3/c1-9-13-15-17-18-20-23-30(22-19-16-14-10-2)26-42-37(32-24-25-33(48-32)38(46)28(6)29(7)45-8)35-34(40(42)44)36(41-39(35)43)31(21-11-3)47-27(5)12-4/h21,24-25,27-30,38,46H,9-20,22-23,26H2,1-8H3,(H,41,43)/b31-21-/t27-,28?,29-,30?,38?/m0/s1. The van der Waals surface area contributed by atoms with E-state index in [4.69, 9.17) is 17.4 Å². The lowest BCUT2D eigenvalue weighted by Gasteiger charge is -2.27. The van der Waals surface area contributed by atoms with E-state index < -0.39 is 0 Å². The Morgan fingerprint density at radius 1 is 0.938 bits per heavy atom. The summed E-state index contributed by atoms with van der Waals surface area (Å²) in [6.07, 6.45) is 18.8. The molecular weight excluding hydrogens is 653 g/mol. The first kappa shape index (κ1) is 40.9. The molecule has 0 fully saturated rings. The van der Waals surface area contributed by atoms with E-state index in [0.29, 0.717) is 34.6 Å². The molecule has 0 radical (unpaired) electrons. The van der Waals surface area contributed by atoms with Gasteiger partial charge in [-0.15, -0.1) is 23.1 Å². The summed E-state index contributed by atoms with van der Waals surface area (Å²) in [7, 11) is 1.74. The van der Waals surface area contributed by atoms with Crippen molar-refractivity contribution < 1.29 is 14.3 Å². The quantitative estimate of drug-likeness (QED) is 0.0826. The monoisotopic (exact) mass is 716 g/mol. The minimum Gasteiger partial charge on any atom is -0.381 e. The maximum absolute atomic E-state index is 14.7. The lowest BCUT2D eigenvalue weighted by Crippen LogP contribution is -2.32. The minimum absolute atomic E-state index is 0.0112. The van der Waals surface area contributed by atoms with Gasteiger partial charge in [0.15, 0.2) is 0 Å². The largest absolute Gasteiger partial charge is 0.381 e. The molecule has 2 aliphatic heterocycles. The van der Waals surface area contributed by atoms with Gasteiger partial charge in [-0.25, -0.2) is 0 Å². The van der Waals surface area contributed by atoms with Gasteiger partial charge >= 0.3 is 0 Å². The second-order valence-electron chi connectivity index (χ2n) is 13.9. The Morgan fingerprint density at radius 2 is 1.56 bits per heavy atom. The van der Waals surface area contributed by atoms with Crippen LogP contribution in [0.3, 0.4) is 0 Å². The third-order valence-electron chi connectivity index (χ3n) is 10.1. The molecule has 5 atom stereocenters. The Morgan fingerprint density at radius 3 is 2.17 bits per heavy atom. The summed E-state index contributed by atoms with van der Waals surface area (Å²) >= 11 is 8.44. The van der Waals surface area contributed by atoms with Crippen LogP contribution in [0.5, 0.6) is 0 Å². The zero-order valence-corrected chi connectivity index (χ0v) is 33.7. The number of carbonyl (C=O) groups excluding carboxylic acids is 2. The van der Waals surface area contributed by atoms with Crippen LogP contribution < -0.4 is 5.32 Å². The number of thiol groups is 1. The van der Waals surface area contributed by atoms with Crippen molar-refractivity contribution in [3.8, 4) is 0 Å². The fraction of sp³-hybridized carbons (Fsp3) is 0.700. The van der Waals surface area contributed by atoms with Crippen LogP contribution >= 0.6 is 35.7 Å². The van der Waals surface area contributed by atoms with Crippen LogP contribution in [0.1, 0.15) is 153 Å². The molecule has 1 aromatic rings. The zero-order valence-electron chi connectivity index (χ0n) is 31.2. The summed E-state index contributed by atoms with van der Waals surface area (Å²) in [4.78, 5) is 33.8. The first-order chi connectivity index (χ1) is 23.1. The lowest BCUT2D eigenvalue weighted by atomic mass is 9.93. The molecule has 1 aromatic heterocycles. The van der Waals surface area contributed by atoms with E-state index in [2.05, 4.69) is 72.0 Å². The third kappa shape index (κ3) is 10.8. The number of rotatable bonds is 24. The van der Waals surface area contributed by atoms with Crippen LogP contribution in [-0.2, 0) is 14.3 Å². The number of unbranched alkanes of at least 4 members (excludes halogenated alkanes) is 8. The number of methoxy groups -OCH3 is 1. The van der Waals surface area contributed by atoms with Gasteiger partial charge in [-0.2, -0.15) is 12.6 Å². The van der Waals surface area contributed by atoms with Gasteiger partial charge in [0.25, 0.3) is 11.8 Å². The molecule has 8 heteroatoms. The van der Waals surface area contributed by atoms with Crippen molar-refractivity contribution >= 4 is 53.2 Å². The molecule has 2 amide bonds. The van der Waals surface area contributed by atoms with Crippen molar-refractivity contribution in [3.63, 3.8) is 0 Å². The van der Waals surface area contributed by atoms with Crippen LogP contribution in [0.25, 0.3) is 5.70 Å². The lowest BCUT2D eigenvalue weighted by molar-refractivity contribution is -0.123. The summed E-state index contributed by atoms with van der Waals surface area (Å²) in [6, 6.07) is 4.23. The maximum atomic E-state index is 14.7. The highest BCUT2D eigenvalue weighted by atomic mass is 32.2. The fourth-order valence-corrected chi connectivity index (χ4v) is 9.42. The molecule has 0 spiro atoms.